The molecule has 0 saturated heterocycles. The zero-order chi connectivity index (χ0) is 13.5. The lowest BCUT2D eigenvalue weighted by atomic mass is 10.1. The number of fused-ring (bicyclic) bond motifs is 1. The van der Waals surface area contributed by atoms with Crippen LogP contribution in [0.15, 0.2) is 24.3 Å². The Morgan fingerprint density at radius 2 is 1.67 bits per heavy atom. The number of carboxylic acids is 1. The first-order valence-electron chi connectivity index (χ1n) is 5.33. The third-order valence-electron chi connectivity index (χ3n) is 2.15. The molecule has 0 saturated carbocycles. The average Bonchev–Trinajstić information content (AvgIpc) is 2.64. The molecule has 1 heterocycles. The smallest absolute Gasteiger partial charge is 0.346 e. The van der Waals surface area contributed by atoms with Crippen LogP contribution in [-0.4, -0.2) is 29.6 Å². The first-order valence-corrected chi connectivity index (χ1v) is 5.33. The van der Waals surface area contributed by atoms with E-state index in [0.29, 0.717) is 24.1 Å². The fourth-order valence-corrected chi connectivity index (χ4v) is 1.29. The minimum absolute atomic E-state index is 0.191. The van der Waals surface area contributed by atoms with Crippen LogP contribution in [0.5, 0.6) is 0 Å². The molecule has 6 heteroatoms. The molecule has 3 N–H and O–H groups in total. The summed E-state index contributed by atoms with van der Waals surface area (Å²) in [6, 6.07) is 6.53. The molecule has 0 unspecified atom stereocenters. The molecular weight excluding hydrogens is 238 g/mol. The van der Waals surface area contributed by atoms with Gasteiger partial charge in [0, 0.05) is 6.42 Å². The normalized spacial score (nSPS) is 12.3. The molecule has 0 fully saturated rings. The molecule has 0 spiro atoms. The second kappa shape index (κ2) is 6.51. The number of cyclic esters (lactones) is 2. The summed E-state index contributed by atoms with van der Waals surface area (Å²) in [7, 11) is 0. The van der Waals surface area contributed by atoms with E-state index in [9.17, 15) is 14.4 Å². The minimum atomic E-state index is -0.773. The zero-order valence-electron chi connectivity index (χ0n) is 9.59. The van der Waals surface area contributed by atoms with E-state index in [1.165, 1.54) is 0 Å². The van der Waals surface area contributed by atoms with Crippen LogP contribution in [0, 0.1) is 0 Å². The lowest BCUT2D eigenvalue weighted by Gasteiger charge is -1.86. The molecule has 1 aliphatic rings. The maximum atomic E-state index is 10.8. The summed E-state index contributed by atoms with van der Waals surface area (Å²) in [5.41, 5.74) is 5.73. The third kappa shape index (κ3) is 3.67. The van der Waals surface area contributed by atoms with E-state index in [-0.39, 0.29) is 6.42 Å². The second-order valence-electron chi connectivity index (χ2n) is 3.51. The van der Waals surface area contributed by atoms with E-state index in [1.807, 2.05) is 0 Å². The van der Waals surface area contributed by atoms with Crippen molar-refractivity contribution >= 4 is 17.9 Å². The van der Waals surface area contributed by atoms with Crippen LogP contribution in [-0.2, 0) is 9.53 Å². The highest BCUT2D eigenvalue weighted by Crippen LogP contribution is 2.18. The van der Waals surface area contributed by atoms with Crippen molar-refractivity contribution in [2.45, 2.75) is 12.8 Å². The maximum absolute atomic E-state index is 10.8. The fourth-order valence-electron chi connectivity index (χ4n) is 1.29. The van der Waals surface area contributed by atoms with Gasteiger partial charge in [-0.3, -0.25) is 4.79 Å². The molecule has 1 aromatic carbocycles. The van der Waals surface area contributed by atoms with Crippen molar-refractivity contribution in [1.29, 1.82) is 0 Å². The Bertz CT molecular complexity index is 436. The Labute approximate surface area is 103 Å². The largest absolute Gasteiger partial charge is 0.481 e. The van der Waals surface area contributed by atoms with E-state index < -0.39 is 17.9 Å². The topological polar surface area (TPSA) is 107 Å². The summed E-state index contributed by atoms with van der Waals surface area (Å²) in [5.74, 6) is -1.87. The SMILES string of the molecule is NCCCC(=O)O.O=C1OC(=O)c2ccccc21. The molecule has 0 amide bonds. The highest BCUT2D eigenvalue weighted by Gasteiger charge is 2.28. The van der Waals surface area contributed by atoms with Gasteiger partial charge in [0.15, 0.2) is 0 Å². The Balaban J connectivity index is 0.000000203. The second-order valence-corrected chi connectivity index (χ2v) is 3.51. The van der Waals surface area contributed by atoms with Crippen LogP contribution in [0.1, 0.15) is 33.6 Å². The summed E-state index contributed by atoms with van der Waals surface area (Å²) in [4.78, 5) is 31.4. The Morgan fingerprint density at radius 3 is 2.00 bits per heavy atom. The van der Waals surface area contributed by atoms with Gasteiger partial charge in [-0.05, 0) is 25.1 Å². The molecule has 0 atom stereocenters. The number of aliphatic carboxylic acids is 1. The summed E-state index contributed by atoms with van der Waals surface area (Å²) >= 11 is 0. The standard InChI is InChI=1S/C8H4O3.C4H9NO2/c9-7-5-3-1-2-4-6(5)8(10)11-7;5-3-1-2-4(6)7/h1-4H;1-3,5H2,(H,6,7). The Kier molecular flexibility index (Phi) is 5.01. The van der Waals surface area contributed by atoms with Gasteiger partial charge in [0.25, 0.3) is 0 Å². The van der Waals surface area contributed by atoms with E-state index in [4.69, 9.17) is 10.8 Å². The summed E-state index contributed by atoms with van der Waals surface area (Å²) in [6.45, 7) is 0.465. The molecule has 18 heavy (non-hydrogen) atoms. The first kappa shape index (κ1) is 13.9. The number of hydrogen-bond donors (Lipinski definition) is 2. The van der Waals surface area contributed by atoms with Crippen molar-refractivity contribution in [3.05, 3.63) is 35.4 Å². The predicted octanol–water partition coefficient (Wildman–Crippen LogP) is 0.807. The van der Waals surface area contributed by atoms with E-state index in [2.05, 4.69) is 4.74 Å². The first-order chi connectivity index (χ1) is 8.56. The Hall–Kier alpha value is -2.21. The Morgan fingerprint density at radius 1 is 1.17 bits per heavy atom. The van der Waals surface area contributed by atoms with Gasteiger partial charge >= 0.3 is 17.9 Å². The lowest BCUT2D eigenvalue weighted by molar-refractivity contribution is -0.137. The number of hydrogen-bond acceptors (Lipinski definition) is 5. The van der Waals surface area contributed by atoms with Gasteiger partial charge in [-0.25, -0.2) is 9.59 Å². The van der Waals surface area contributed by atoms with E-state index in [1.54, 1.807) is 24.3 Å². The number of carboxylic acid groups (broad SMARTS) is 1. The van der Waals surface area contributed by atoms with Crippen LogP contribution in [0.25, 0.3) is 0 Å². The number of nitrogens with two attached hydrogens (primary N) is 1. The molecule has 6 nitrogen and oxygen atoms in total. The highest BCUT2D eigenvalue weighted by atomic mass is 16.6. The van der Waals surface area contributed by atoms with Crippen molar-refractivity contribution in [2.24, 2.45) is 5.73 Å². The van der Waals surface area contributed by atoms with Crippen molar-refractivity contribution in [3.8, 4) is 0 Å². The van der Waals surface area contributed by atoms with Crippen LogP contribution < -0.4 is 5.73 Å². The number of carbonyl (C=O) groups is 3. The zero-order valence-corrected chi connectivity index (χ0v) is 9.59. The van der Waals surface area contributed by atoms with Crippen LogP contribution in [0.4, 0.5) is 0 Å². The molecule has 0 aromatic heterocycles. The molecular formula is C12H13NO5. The molecule has 1 aliphatic heterocycles. The van der Waals surface area contributed by atoms with Gasteiger partial charge in [0.1, 0.15) is 0 Å². The number of carbonyl (C=O) groups excluding carboxylic acids is 2. The van der Waals surface area contributed by atoms with Crippen molar-refractivity contribution in [3.63, 3.8) is 0 Å². The molecule has 96 valence electrons. The monoisotopic (exact) mass is 251 g/mol. The van der Waals surface area contributed by atoms with Gasteiger partial charge in [-0.1, -0.05) is 12.1 Å². The fraction of sp³-hybridized carbons (Fsp3) is 0.250. The lowest BCUT2D eigenvalue weighted by Crippen LogP contribution is -2.02. The van der Waals surface area contributed by atoms with Gasteiger partial charge in [0.2, 0.25) is 0 Å². The van der Waals surface area contributed by atoms with E-state index >= 15 is 0 Å². The summed E-state index contributed by atoms with van der Waals surface area (Å²) in [5, 5.41) is 7.99. The van der Waals surface area contributed by atoms with Gasteiger partial charge in [-0.15, -0.1) is 0 Å². The quantitative estimate of drug-likeness (QED) is 0.608. The molecule has 2 rings (SSSR count). The van der Waals surface area contributed by atoms with Crippen LogP contribution >= 0.6 is 0 Å². The van der Waals surface area contributed by atoms with Gasteiger partial charge in [0.05, 0.1) is 11.1 Å². The van der Waals surface area contributed by atoms with Crippen molar-refractivity contribution in [1.82, 2.24) is 0 Å². The molecule has 1 aromatic rings. The van der Waals surface area contributed by atoms with E-state index in [0.717, 1.165) is 0 Å². The molecule has 0 radical (unpaired) electrons. The van der Waals surface area contributed by atoms with Gasteiger partial charge in [-0.2, -0.15) is 0 Å². The maximum Gasteiger partial charge on any atom is 0.346 e. The number of ether oxygens (including phenoxy) is 1. The predicted molar refractivity (Wildman–Crippen MR) is 62.1 cm³/mol. The third-order valence-corrected chi connectivity index (χ3v) is 2.15. The number of esters is 2. The van der Waals surface area contributed by atoms with Crippen LogP contribution in [0.2, 0.25) is 0 Å². The van der Waals surface area contributed by atoms with Gasteiger partial charge < -0.3 is 15.6 Å². The molecule has 0 aliphatic carbocycles. The number of benzene rings is 1. The average molecular weight is 251 g/mol. The molecule has 0 bridgehead atoms. The van der Waals surface area contributed by atoms with Crippen molar-refractivity contribution in [2.75, 3.05) is 6.54 Å². The summed E-state index contributed by atoms with van der Waals surface area (Å²) in [6.07, 6.45) is 0.770. The number of rotatable bonds is 3. The minimum Gasteiger partial charge on any atom is -0.481 e. The summed E-state index contributed by atoms with van der Waals surface area (Å²) < 4.78 is 4.35. The highest BCUT2D eigenvalue weighted by molar-refractivity contribution is 6.14. The van der Waals surface area contributed by atoms with Crippen molar-refractivity contribution < 1.29 is 24.2 Å². The van der Waals surface area contributed by atoms with Crippen LogP contribution in [0.3, 0.4) is 0 Å².